The third-order valence-electron chi connectivity index (χ3n) is 20.4. The minimum absolute atomic E-state index is 0. The number of thiol groups is 1. The van der Waals surface area contributed by atoms with Crippen molar-refractivity contribution in [2.24, 2.45) is 4.30 Å². The molecule has 1 radical (unpaired) electrons. The summed E-state index contributed by atoms with van der Waals surface area (Å²) in [5, 5.41) is 25.5. The van der Waals surface area contributed by atoms with Crippen molar-refractivity contribution in [1.29, 1.82) is 5.26 Å². The summed E-state index contributed by atoms with van der Waals surface area (Å²) in [4.78, 5) is 75.5. The number of phenolic OH excluding ortho intramolecular Hbond substituents is 1. The number of carbonyl (C=O) groups excluding carboxylic acids is 5. The summed E-state index contributed by atoms with van der Waals surface area (Å²) in [5.41, 5.74) is 29.1. The van der Waals surface area contributed by atoms with Gasteiger partial charge in [-0.25, -0.2) is 29.5 Å². The van der Waals surface area contributed by atoms with Gasteiger partial charge in [-0.2, -0.15) is 10.1 Å². The maximum Gasteiger partial charge on any atom is 1.00 e. The van der Waals surface area contributed by atoms with E-state index in [1.54, 1.807) is 62.5 Å². The van der Waals surface area contributed by atoms with Crippen LogP contribution in [0.4, 0.5) is 0 Å². The quantitative estimate of drug-likeness (QED) is 0.00485. The molecule has 0 aliphatic rings. The smallest absolute Gasteiger partial charge is 1.00 e. The van der Waals surface area contributed by atoms with E-state index >= 15 is 0 Å². The monoisotopic (exact) mass is 2650 g/mol. The number of oxazole rings is 4. The minimum Gasteiger partial charge on any atom is -1.00 e. The van der Waals surface area contributed by atoms with E-state index in [-0.39, 0.29) is 183 Å². The first-order valence-electron chi connectivity index (χ1n) is 44.6. The van der Waals surface area contributed by atoms with Gasteiger partial charge in [-0.05, 0) is 183 Å². The summed E-state index contributed by atoms with van der Waals surface area (Å²) < 4.78 is 53.0. The van der Waals surface area contributed by atoms with Gasteiger partial charge >= 0.3 is 181 Å². The standard InChI is InChI=1S/C26H22BrNO5.C16H11Br2NO.C16H12BrNO.C16H13NO.C14H10N2O.C14H12O.C10H12O4.C2H3N.CH2O3.BHNS.Br2.2Cs.H/c1-17-14-21(12-13-22(17)32-16-24(29)30-2)31-15-23-28-26(27)25(33-23)20-10-8-19(9-11-20)18-6-4-3-5-7-18;17-10-14-19-16(18)15(20-14)13-8-6-12(7-9-13)11-4-2-1-3-5-11;1-11-18-16(17)15(19-11)14-9-7-13(8-10-14)12-5-3-2-4-6-12;1-12-17-11-16(18-12)15-9-7-14(8-10-15)13-5-3-2-4-6-13;15-16-10-14(17)13-8-6-12(7-9-13)11-4-2-1-3-5-11;1-11(15)12-7-9-14(10-8-12)13-5-3-2-4-6-13;1-7-5-8(11)3-4-9(7)14-6-10(12)13-2;1-2-3;2-1-4-3;1-2-3;1-2;;;/h3-14H,15-16H2,1-2H3;1-9H,10H2;2-10H,1H3;2-11H,1H3;1-10H;2-10H,1H3;3-5,11H,6H2,1-2H3;1H3;1,3H;3H;;;;/q;;;;;;;;;;;2*+1;-1/p-1. The van der Waals surface area contributed by atoms with Gasteiger partial charge in [-0.3, -0.25) is 14.4 Å². The zero-order chi connectivity index (χ0) is 107. The number of esters is 2. The molecule has 18 rings (SSSR count). The maximum absolute atomic E-state index is 11.4. The van der Waals surface area contributed by atoms with Crippen LogP contribution in [0.2, 0.25) is 0 Å². The number of ether oxygens (including phenoxy) is 5. The Morgan fingerprint density at radius 3 is 1.05 bits per heavy atom. The van der Waals surface area contributed by atoms with Crippen LogP contribution in [0, 0.1) is 39.0 Å². The van der Waals surface area contributed by atoms with Crippen molar-refractivity contribution in [2.75, 3.05) is 27.4 Å². The number of carbonyl (C=O) groups is 5. The Morgan fingerprint density at radius 1 is 0.460 bits per heavy atom. The summed E-state index contributed by atoms with van der Waals surface area (Å²) in [6.45, 7) is 10.1. The van der Waals surface area contributed by atoms with Crippen molar-refractivity contribution in [1.82, 2.24) is 19.9 Å². The normalized spacial score (nSPS) is 9.64. The number of hydrogen-bond acceptors (Lipinski definition) is 24. The molecule has 0 saturated heterocycles. The Balaban J connectivity index is 0.000000308. The Hall–Kier alpha value is -11.1. The number of halogens is 6. The molecule has 753 valence electrons. The van der Waals surface area contributed by atoms with E-state index in [1.807, 2.05) is 221 Å². The predicted molar refractivity (Wildman–Crippen MR) is 600 cm³/mol. The number of methoxy groups -OCH3 is 2. The second kappa shape index (κ2) is 71.7. The first kappa shape index (κ1) is 128. The van der Waals surface area contributed by atoms with E-state index in [4.69, 9.17) is 57.8 Å². The van der Waals surface area contributed by atoms with Gasteiger partial charge in [0.15, 0.2) is 74.2 Å². The number of aryl methyl sites for hydroxylation is 4. The SMILES string of the molecule is BrBr.BrCc1nc(Br)c(-c2ccc(-c3ccccc3)cc2)o1.CC#N.CC(=O)c1ccc(-c2ccccc2)cc1.COC(=O)COc1ccc(O)cc1C.COC(=O)COc1ccc(OCc2nc(Br)c(-c3ccc(-c4ccccc4)cc3)o2)cc1C.Cc1nc(Br)c(-c2ccc(-c3ccccc3)cc2)o1.Cc1ncc(-c2ccc(-c3ccccc3)cc2)o1.O=CO[O-].[B]=NS.[Cs+].[Cs+].[H-].[N-]=[N+]=CC(=O)c1ccc(-c2ccccc2)cc1. The Kier molecular flexibility index (Phi) is 60.9. The molecule has 150 heavy (non-hydrogen) atoms. The number of ketones is 2. The summed E-state index contributed by atoms with van der Waals surface area (Å²) >= 11 is 22.4. The van der Waals surface area contributed by atoms with Crippen LogP contribution in [-0.4, -0.2) is 101 Å². The summed E-state index contributed by atoms with van der Waals surface area (Å²) in [5.74, 6) is 6.36. The van der Waals surface area contributed by atoms with Gasteiger partial charge in [-0.1, -0.05) is 344 Å². The number of rotatable bonds is 24. The second-order valence-electron chi connectivity index (χ2n) is 30.4. The molecule has 0 spiro atoms. The molecule has 0 saturated carbocycles. The predicted octanol–water partition coefficient (Wildman–Crippen LogP) is 23.9. The van der Waals surface area contributed by atoms with Crippen LogP contribution in [-0.2, 0) is 40.7 Å². The molecule has 0 fully saturated rings. The summed E-state index contributed by atoms with van der Waals surface area (Å²) in [6, 6.07) is 121. The molecule has 0 amide bonds. The van der Waals surface area contributed by atoms with E-state index in [1.165, 1.54) is 66.2 Å². The Morgan fingerprint density at radius 2 is 0.760 bits per heavy atom. The van der Waals surface area contributed by atoms with E-state index < -0.39 is 11.9 Å². The van der Waals surface area contributed by atoms with Crippen molar-refractivity contribution in [3.63, 3.8) is 0 Å². The fourth-order valence-corrected chi connectivity index (χ4v) is 15.2. The van der Waals surface area contributed by atoms with Gasteiger partial charge in [0.05, 0.1) is 31.8 Å². The number of alkyl halides is 1. The molecule has 1 N–H and O–H groups in total. The van der Waals surface area contributed by atoms with Gasteiger partial charge in [0, 0.05) is 82.4 Å². The first-order valence-corrected chi connectivity index (χ1v) is 52.2. The molecule has 14 aromatic carbocycles. The number of aromatic nitrogens is 4. The summed E-state index contributed by atoms with van der Waals surface area (Å²) in [6.07, 6.45) is 2.64. The second-order valence-corrected chi connectivity index (χ2v) is 33.5. The maximum atomic E-state index is 11.4. The molecule has 25 nitrogen and oxygen atoms in total. The van der Waals surface area contributed by atoms with Crippen molar-refractivity contribution < 1.29 is 225 Å². The van der Waals surface area contributed by atoms with Gasteiger partial charge < -0.3 is 63.6 Å². The van der Waals surface area contributed by atoms with Crippen molar-refractivity contribution >= 4 is 149 Å². The van der Waals surface area contributed by atoms with Crippen LogP contribution < -0.4 is 157 Å². The van der Waals surface area contributed by atoms with E-state index in [0.29, 0.717) is 62.1 Å². The molecule has 0 aliphatic carbocycles. The third-order valence-corrected chi connectivity index (χ3v) is 22.5. The largest absolute Gasteiger partial charge is 1.00 e. The topological polar surface area (TPSA) is 361 Å². The van der Waals surface area contributed by atoms with Gasteiger partial charge in [0.1, 0.15) is 23.0 Å². The number of hydrogen-bond donors (Lipinski definition) is 2. The molecule has 0 atom stereocenters. The third kappa shape index (κ3) is 43.6. The Bertz CT molecular complexity index is 7250. The van der Waals surface area contributed by atoms with Crippen LogP contribution in [0.1, 0.15) is 70.7 Å². The molecule has 4 aromatic heterocycles. The molecule has 18 aromatic rings. The molecule has 0 aliphatic heterocycles. The van der Waals surface area contributed by atoms with Crippen LogP contribution in [0.25, 0.3) is 118 Å². The summed E-state index contributed by atoms with van der Waals surface area (Å²) in [7, 11) is 6.96. The van der Waals surface area contributed by atoms with Crippen molar-refractivity contribution in [3.05, 3.63) is 435 Å². The number of phenols is 1. The molecule has 0 unspecified atom stereocenters. The number of benzene rings is 14. The van der Waals surface area contributed by atoms with Crippen LogP contribution in [0.3, 0.4) is 0 Å². The van der Waals surface area contributed by atoms with Crippen molar-refractivity contribution in [2.45, 2.75) is 53.5 Å². The van der Waals surface area contributed by atoms with Crippen LogP contribution in [0.5, 0.6) is 23.0 Å². The van der Waals surface area contributed by atoms with Gasteiger partial charge in [-0.15, -0.1) is 0 Å². The fourth-order valence-electron chi connectivity index (χ4n) is 13.3. The van der Waals surface area contributed by atoms with Crippen molar-refractivity contribution in [3.8, 4) is 141 Å². The molecular weight excluding hydrogens is 2550 g/mol. The first-order chi connectivity index (χ1) is 71.8. The zero-order valence-corrected chi connectivity index (χ0v) is 106. The number of aromatic hydroxyl groups is 1. The average molecular weight is 2650 g/mol. The van der Waals surface area contributed by atoms with Gasteiger partial charge in [0.2, 0.25) is 11.8 Å². The molecule has 4 heterocycles. The van der Waals surface area contributed by atoms with E-state index in [9.17, 15) is 19.2 Å². The number of Topliss-reactive ketones (excluding diaryl/α,β-unsaturated/α-hetero) is 2. The Labute approximate surface area is 1040 Å². The number of nitriles is 1. The van der Waals surface area contributed by atoms with Crippen LogP contribution in [0.15, 0.2) is 406 Å². The molecule has 0 bridgehead atoms. The number of nitrogens with zero attached hydrogens (tertiary/aromatic N) is 8. The zero-order valence-electron chi connectivity index (χ0n) is 84.1. The van der Waals surface area contributed by atoms with E-state index in [2.05, 4.69) is 277 Å². The molecular formula is C115H98BBr6Cs2N8O17S. The minimum atomic E-state index is -0.435. The van der Waals surface area contributed by atoms with Crippen LogP contribution >= 0.6 is 105 Å². The fraction of sp³-hybridized carbons (Fsp3) is 0.104. The van der Waals surface area contributed by atoms with E-state index in [0.717, 1.165) is 99.5 Å². The molecule has 35 heteroatoms. The van der Waals surface area contributed by atoms with Gasteiger partial charge in [0.25, 0.3) is 12.3 Å². The average Bonchev–Trinajstić information content (AvgIpc) is 1.68.